The Morgan fingerprint density at radius 2 is 1.58 bits per heavy atom. The maximum atomic E-state index is 5.97. The van der Waals surface area contributed by atoms with Crippen molar-refractivity contribution in [2.24, 2.45) is 5.73 Å². The molecule has 0 atom stereocenters. The van der Waals surface area contributed by atoms with Crippen molar-refractivity contribution in [2.45, 2.75) is 62.9 Å². The van der Waals surface area contributed by atoms with Crippen molar-refractivity contribution in [1.29, 1.82) is 0 Å². The summed E-state index contributed by atoms with van der Waals surface area (Å²) in [5.74, 6) is 1.88. The van der Waals surface area contributed by atoms with Crippen LogP contribution in [0.4, 0.5) is 11.8 Å². The highest BCUT2D eigenvalue weighted by molar-refractivity contribution is 5.85. The van der Waals surface area contributed by atoms with Crippen molar-refractivity contribution in [3.8, 4) is 0 Å². The van der Waals surface area contributed by atoms with Crippen LogP contribution in [0.2, 0.25) is 0 Å². The topological polar surface area (TPSA) is 84.3 Å². The van der Waals surface area contributed by atoms with E-state index in [0.29, 0.717) is 17.9 Å². The van der Waals surface area contributed by atoms with Gasteiger partial charge in [-0.2, -0.15) is 4.98 Å². The highest BCUT2D eigenvalue weighted by Crippen LogP contribution is 2.36. The third-order valence-corrected chi connectivity index (χ3v) is 6.04. The van der Waals surface area contributed by atoms with Crippen LogP contribution in [0, 0.1) is 0 Å². The summed E-state index contributed by atoms with van der Waals surface area (Å²) in [6.07, 6.45) is 8.65. The Morgan fingerprint density at radius 3 is 2.19 bits per heavy atom. The van der Waals surface area contributed by atoms with E-state index in [1.165, 1.54) is 45.2 Å². The van der Waals surface area contributed by atoms with Crippen molar-refractivity contribution < 1.29 is 0 Å². The first-order valence-electron chi connectivity index (χ1n) is 9.58. The molecule has 2 aliphatic heterocycles. The third kappa shape index (κ3) is 4.71. The molecule has 1 saturated carbocycles. The van der Waals surface area contributed by atoms with E-state index in [9.17, 15) is 0 Å². The van der Waals surface area contributed by atoms with Gasteiger partial charge in [0, 0.05) is 37.2 Å². The fourth-order valence-electron chi connectivity index (χ4n) is 4.49. The number of halogens is 2. The molecule has 3 heterocycles. The van der Waals surface area contributed by atoms with Gasteiger partial charge in [-0.3, -0.25) is 0 Å². The normalized spacial score (nSPS) is 27.2. The largest absolute Gasteiger partial charge is 0.368 e. The molecule has 0 radical (unpaired) electrons. The Labute approximate surface area is 168 Å². The average Bonchev–Trinajstić information content (AvgIpc) is 2.59. The molecule has 3 fully saturated rings. The number of hydrogen-bond acceptors (Lipinski definition) is 6. The lowest BCUT2D eigenvalue weighted by Crippen LogP contribution is -2.47. The quantitative estimate of drug-likeness (QED) is 0.807. The standard InChI is InChI=1S/C18H30N6.2ClH/c19-14-10-13(11-14)16-12-17(22-18(20)21-16)24-8-4-15(5-9-24)23-6-2-1-3-7-23;;/h12-15H,1-11,19H2,(H2,20,21,22);2*1H. The first-order chi connectivity index (χ1) is 11.7. The number of anilines is 2. The number of hydrogen-bond donors (Lipinski definition) is 2. The van der Waals surface area contributed by atoms with E-state index in [1.54, 1.807) is 0 Å². The summed E-state index contributed by atoms with van der Waals surface area (Å²) in [7, 11) is 0. The second kappa shape index (κ2) is 9.40. The minimum atomic E-state index is 0. The summed E-state index contributed by atoms with van der Waals surface area (Å²) in [6.45, 7) is 4.72. The molecule has 0 unspecified atom stereocenters. The fourth-order valence-corrected chi connectivity index (χ4v) is 4.49. The van der Waals surface area contributed by atoms with E-state index in [0.717, 1.165) is 43.5 Å². The zero-order chi connectivity index (χ0) is 16.5. The SMILES string of the molecule is Cl.Cl.Nc1nc(C2CC(N)C2)cc(N2CCC(N3CCCCC3)CC2)n1. The number of nitrogens with two attached hydrogens (primary N) is 2. The van der Waals surface area contributed by atoms with Gasteiger partial charge >= 0.3 is 0 Å². The van der Waals surface area contributed by atoms with Gasteiger partial charge < -0.3 is 21.3 Å². The summed E-state index contributed by atoms with van der Waals surface area (Å²) in [6, 6.07) is 3.23. The predicted octanol–water partition coefficient (Wildman–Crippen LogP) is 2.56. The highest BCUT2D eigenvalue weighted by atomic mass is 35.5. The molecule has 4 N–H and O–H groups in total. The van der Waals surface area contributed by atoms with E-state index in [2.05, 4.69) is 25.8 Å². The van der Waals surface area contributed by atoms with E-state index >= 15 is 0 Å². The molecular weight excluding hydrogens is 371 g/mol. The predicted molar refractivity (Wildman–Crippen MR) is 112 cm³/mol. The number of rotatable bonds is 3. The third-order valence-electron chi connectivity index (χ3n) is 6.04. The molecule has 0 bridgehead atoms. The molecule has 4 rings (SSSR count). The van der Waals surface area contributed by atoms with Crippen LogP contribution in [-0.2, 0) is 0 Å². The Bertz CT molecular complexity index is 567. The van der Waals surface area contributed by atoms with E-state index in [1.807, 2.05) is 0 Å². The van der Waals surface area contributed by atoms with E-state index < -0.39 is 0 Å². The maximum absolute atomic E-state index is 5.97. The van der Waals surface area contributed by atoms with Crippen LogP contribution in [0.25, 0.3) is 0 Å². The average molecular weight is 403 g/mol. The van der Waals surface area contributed by atoms with Gasteiger partial charge in [0.2, 0.25) is 5.95 Å². The lowest BCUT2D eigenvalue weighted by atomic mass is 9.78. The smallest absolute Gasteiger partial charge is 0.222 e. The van der Waals surface area contributed by atoms with Crippen molar-refractivity contribution in [1.82, 2.24) is 14.9 Å². The molecule has 26 heavy (non-hydrogen) atoms. The van der Waals surface area contributed by atoms with Crippen molar-refractivity contribution in [3.63, 3.8) is 0 Å². The Balaban J connectivity index is 0.00000121. The first kappa shape index (κ1) is 21.5. The number of aromatic nitrogens is 2. The summed E-state index contributed by atoms with van der Waals surface area (Å²) < 4.78 is 0. The Hall–Kier alpha value is -0.820. The van der Waals surface area contributed by atoms with Crippen molar-refractivity contribution >= 4 is 36.6 Å². The van der Waals surface area contributed by atoms with Crippen LogP contribution >= 0.6 is 24.8 Å². The molecule has 1 aliphatic carbocycles. The summed E-state index contributed by atoms with van der Waals surface area (Å²) >= 11 is 0. The second-order valence-corrected chi connectivity index (χ2v) is 7.75. The Kier molecular flexibility index (Phi) is 7.76. The van der Waals surface area contributed by atoms with Gasteiger partial charge in [0.1, 0.15) is 5.82 Å². The van der Waals surface area contributed by atoms with E-state index in [-0.39, 0.29) is 24.8 Å². The first-order valence-corrected chi connectivity index (χ1v) is 9.58. The zero-order valence-electron chi connectivity index (χ0n) is 15.3. The summed E-state index contributed by atoms with van der Waals surface area (Å²) in [4.78, 5) is 14.0. The van der Waals surface area contributed by atoms with Gasteiger partial charge in [-0.05, 0) is 51.6 Å². The fraction of sp³-hybridized carbons (Fsp3) is 0.778. The zero-order valence-corrected chi connectivity index (χ0v) is 17.0. The van der Waals surface area contributed by atoms with Crippen LogP contribution in [0.5, 0.6) is 0 Å². The summed E-state index contributed by atoms with van der Waals surface area (Å²) in [5, 5.41) is 0. The van der Waals surface area contributed by atoms with Gasteiger partial charge in [0.15, 0.2) is 0 Å². The van der Waals surface area contributed by atoms with Gasteiger partial charge in [-0.15, -0.1) is 24.8 Å². The van der Waals surface area contributed by atoms with Gasteiger partial charge in [-0.1, -0.05) is 6.42 Å². The minimum Gasteiger partial charge on any atom is -0.368 e. The van der Waals surface area contributed by atoms with Crippen LogP contribution in [0.15, 0.2) is 6.07 Å². The van der Waals surface area contributed by atoms with Crippen LogP contribution in [0.3, 0.4) is 0 Å². The maximum Gasteiger partial charge on any atom is 0.222 e. The molecule has 0 spiro atoms. The van der Waals surface area contributed by atoms with Gasteiger partial charge in [-0.25, -0.2) is 4.98 Å². The van der Waals surface area contributed by atoms with Gasteiger partial charge in [0.25, 0.3) is 0 Å². The number of nitrogens with zero attached hydrogens (tertiary/aromatic N) is 4. The summed E-state index contributed by atoms with van der Waals surface area (Å²) in [5.41, 5.74) is 13.0. The van der Waals surface area contributed by atoms with E-state index in [4.69, 9.17) is 11.5 Å². The molecule has 6 nitrogen and oxygen atoms in total. The van der Waals surface area contributed by atoms with Crippen LogP contribution in [-0.4, -0.2) is 53.1 Å². The number of likely N-dealkylation sites (tertiary alicyclic amines) is 1. The second-order valence-electron chi connectivity index (χ2n) is 7.75. The Morgan fingerprint density at radius 1 is 0.923 bits per heavy atom. The molecule has 0 aromatic carbocycles. The molecule has 1 aromatic rings. The van der Waals surface area contributed by atoms with Crippen molar-refractivity contribution in [3.05, 3.63) is 11.8 Å². The molecule has 0 amide bonds. The molecular formula is C18H32Cl2N6. The lowest BCUT2D eigenvalue weighted by Gasteiger charge is -2.40. The van der Waals surface area contributed by atoms with Crippen molar-refractivity contribution in [2.75, 3.05) is 36.8 Å². The minimum absolute atomic E-state index is 0. The molecule has 2 saturated heterocycles. The van der Waals surface area contributed by atoms with Gasteiger partial charge in [0.05, 0.1) is 5.69 Å². The monoisotopic (exact) mass is 402 g/mol. The highest BCUT2D eigenvalue weighted by Gasteiger charge is 2.30. The molecule has 8 heteroatoms. The number of piperidine rings is 2. The lowest BCUT2D eigenvalue weighted by molar-refractivity contribution is 0.141. The molecule has 3 aliphatic rings. The number of nitrogen functional groups attached to an aromatic ring is 1. The molecule has 148 valence electrons. The van der Waals surface area contributed by atoms with Crippen LogP contribution in [0.1, 0.15) is 56.6 Å². The van der Waals surface area contributed by atoms with Crippen LogP contribution < -0.4 is 16.4 Å². The molecule has 1 aromatic heterocycles.